The van der Waals surface area contributed by atoms with Crippen molar-refractivity contribution in [1.29, 1.82) is 0 Å². The van der Waals surface area contributed by atoms with E-state index in [2.05, 4.69) is 15.3 Å². The molecule has 0 saturated heterocycles. The molecule has 6 nitrogen and oxygen atoms in total. The Labute approximate surface area is 158 Å². The van der Waals surface area contributed by atoms with Crippen LogP contribution in [0.25, 0.3) is 0 Å². The van der Waals surface area contributed by atoms with E-state index in [-0.39, 0.29) is 5.91 Å². The van der Waals surface area contributed by atoms with Gasteiger partial charge in [0.05, 0.1) is 11.7 Å². The number of anilines is 2. The molecule has 2 N–H and O–H groups in total. The molecular weight excluding hydrogens is 340 g/mol. The maximum atomic E-state index is 12.5. The summed E-state index contributed by atoms with van der Waals surface area (Å²) >= 11 is 0. The van der Waals surface area contributed by atoms with Gasteiger partial charge in [0.15, 0.2) is 0 Å². The Morgan fingerprint density at radius 1 is 1.04 bits per heavy atom. The summed E-state index contributed by atoms with van der Waals surface area (Å²) in [7, 11) is 1.70. The quantitative estimate of drug-likeness (QED) is 0.673. The molecule has 1 amide bonds. The molecule has 1 aromatic heterocycles. The second kappa shape index (κ2) is 8.91. The molecule has 3 rings (SSSR count). The average Bonchev–Trinajstić information content (AvgIpc) is 2.73. The van der Waals surface area contributed by atoms with Gasteiger partial charge in [-0.1, -0.05) is 48.5 Å². The van der Waals surface area contributed by atoms with Crippen molar-refractivity contribution in [1.82, 2.24) is 14.9 Å². The van der Waals surface area contributed by atoms with E-state index in [1.807, 2.05) is 60.7 Å². The van der Waals surface area contributed by atoms with E-state index in [0.29, 0.717) is 24.5 Å². The van der Waals surface area contributed by atoms with Crippen LogP contribution in [0, 0.1) is 0 Å². The Balaban J connectivity index is 1.55. The molecule has 27 heavy (non-hydrogen) atoms. The van der Waals surface area contributed by atoms with Crippen molar-refractivity contribution in [2.75, 3.05) is 18.9 Å². The molecule has 0 saturated carbocycles. The van der Waals surface area contributed by atoms with Gasteiger partial charge in [-0.15, -0.1) is 0 Å². The zero-order valence-electron chi connectivity index (χ0n) is 15.1. The zero-order chi connectivity index (χ0) is 19.1. The second-order valence-corrected chi connectivity index (χ2v) is 6.23. The Bertz CT molecular complexity index is 854. The van der Waals surface area contributed by atoms with Crippen LogP contribution in [-0.4, -0.2) is 39.5 Å². The fraction of sp³-hybridized carbons (Fsp3) is 0.190. The largest absolute Gasteiger partial charge is 0.388 e. The summed E-state index contributed by atoms with van der Waals surface area (Å²) in [5, 5.41) is 13.3. The number of amides is 1. The number of rotatable bonds is 7. The predicted molar refractivity (Wildman–Crippen MR) is 105 cm³/mol. The number of aromatic nitrogens is 2. The van der Waals surface area contributed by atoms with Crippen molar-refractivity contribution in [3.63, 3.8) is 0 Å². The van der Waals surface area contributed by atoms with Crippen LogP contribution in [0.2, 0.25) is 0 Å². The first-order chi connectivity index (χ1) is 13.1. The third kappa shape index (κ3) is 5.12. The lowest BCUT2D eigenvalue weighted by atomic mass is 10.1. The van der Waals surface area contributed by atoms with E-state index in [1.165, 1.54) is 12.4 Å². The number of hydrogen-bond acceptors (Lipinski definition) is 5. The van der Waals surface area contributed by atoms with E-state index < -0.39 is 6.10 Å². The molecule has 0 radical (unpaired) electrons. The smallest absolute Gasteiger partial charge is 0.256 e. The lowest BCUT2D eigenvalue weighted by Gasteiger charge is -2.19. The number of aliphatic hydroxyl groups is 1. The van der Waals surface area contributed by atoms with E-state index in [0.717, 1.165) is 11.3 Å². The molecule has 2 aromatic carbocycles. The first kappa shape index (κ1) is 18.5. The summed E-state index contributed by atoms with van der Waals surface area (Å²) in [5.74, 6) is 0.251. The number of aliphatic hydroxyl groups excluding tert-OH is 1. The highest BCUT2D eigenvalue weighted by molar-refractivity contribution is 5.93. The first-order valence-electron chi connectivity index (χ1n) is 8.76. The number of benzene rings is 2. The minimum absolute atomic E-state index is 0.179. The molecule has 3 aromatic rings. The maximum absolute atomic E-state index is 12.5. The van der Waals surface area contributed by atoms with Crippen LogP contribution in [0.5, 0.6) is 0 Å². The zero-order valence-corrected chi connectivity index (χ0v) is 15.1. The first-order valence-corrected chi connectivity index (χ1v) is 8.76. The van der Waals surface area contributed by atoms with Crippen molar-refractivity contribution < 1.29 is 9.90 Å². The van der Waals surface area contributed by atoms with E-state index in [9.17, 15) is 9.90 Å². The molecule has 0 spiro atoms. The fourth-order valence-electron chi connectivity index (χ4n) is 2.63. The molecule has 6 heteroatoms. The molecular formula is C21H22N4O2. The van der Waals surface area contributed by atoms with Crippen molar-refractivity contribution in [2.45, 2.75) is 12.5 Å². The fourth-order valence-corrected chi connectivity index (χ4v) is 2.63. The van der Waals surface area contributed by atoms with Crippen LogP contribution in [0.3, 0.4) is 0 Å². The Hall–Kier alpha value is -3.25. The number of nitrogens with one attached hydrogen (secondary N) is 1. The van der Waals surface area contributed by atoms with E-state index >= 15 is 0 Å². The van der Waals surface area contributed by atoms with Gasteiger partial charge < -0.3 is 15.3 Å². The molecule has 0 aliphatic heterocycles. The van der Waals surface area contributed by atoms with Crippen LogP contribution in [0.15, 0.2) is 73.1 Å². The number of hydrogen-bond donors (Lipinski definition) is 2. The number of nitrogens with zero attached hydrogens (tertiary/aromatic N) is 3. The van der Waals surface area contributed by atoms with E-state index in [4.69, 9.17) is 0 Å². The molecule has 0 aliphatic carbocycles. The summed E-state index contributed by atoms with van der Waals surface area (Å²) in [6.07, 6.45) is 2.87. The van der Waals surface area contributed by atoms with Crippen molar-refractivity contribution in [3.05, 3.63) is 84.2 Å². The minimum atomic E-state index is -0.602. The van der Waals surface area contributed by atoms with Crippen LogP contribution in [-0.2, 0) is 0 Å². The van der Waals surface area contributed by atoms with Gasteiger partial charge >= 0.3 is 0 Å². The van der Waals surface area contributed by atoms with Crippen LogP contribution >= 0.6 is 0 Å². The van der Waals surface area contributed by atoms with Gasteiger partial charge in [-0.25, -0.2) is 9.97 Å². The summed E-state index contributed by atoms with van der Waals surface area (Å²) in [4.78, 5) is 22.5. The molecule has 0 unspecified atom stereocenters. The predicted octanol–water partition coefficient (Wildman–Crippen LogP) is 3.42. The van der Waals surface area contributed by atoms with Gasteiger partial charge in [0, 0.05) is 31.7 Å². The highest BCUT2D eigenvalue weighted by Crippen LogP contribution is 2.17. The van der Waals surface area contributed by atoms with Crippen LogP contribution in [0.1, 0.15) is 28.4 Å². The minimum Gasteiger partial charge on any atom is -0.388 e. The normalized spacial score (nSPS) is 11.6. The Morgan fingerprint density at radius 3 is 2.26 bits per heavy atom. The highest BCUT2D eigenvalue weighted by atomic mass is 16.3. The highest BCUT2D eigenvalue weighted by Gasteiger charge is 2.15. The Kier molecular flexibility index (Phi) is 6.12. The maximum Gasteiger partial charge on any atom is 0.256 e. The topological polar surface area (TPSA) is 78.3 Å². The molecule has 0 fully saturated rings. The molecule has 0 bridgehead atoms. The van der Waals surface area contributed by atoms with Crippen LogP contribution < -0.4 is 5.32 Å². The summed E-state index contributed by atoms with van der Waals surface area (Å²) < 4.78 is 0. The van der Waals surface area contributed by atoms with Crippen molar-refractivity contribution in [3.8, 4) is 0 Å². The molecule has 1 atom stereocenters. The van der Waals surface area contributed by atoms with Gasteiger partial charge in [-0.05, 0) is 24.1 Å². The lowest BCUT2D eigenvalue weighted by Crippen LogP contribution is -2.29. The number of carbonyl (C=O) groups excluding carboxylic acids is 1. The third-order valence-corrected chi connectivity index (χ3v) is 4.20. The third-order valence-electron chi connectivity index (χ3n) is 4.20. The second-order valence-electron chi connectivity index (χ2n) is 6.23. The molecule has 1 heterocycles. The van der Waals surface area contributed by atoms with Crippen LogP contribution in [0.4, 0.5) is 11.6 Å². The van der Waals surface area contributed by atoms with Gasteiger partial charge in [0.25, 0.3) is 5.91 Å². The van der Waals surface area contributed by atoms with Gasteiger partial charge in [0.2, 0.25) is 5.95 Å². The molecule has 138 valence electrons. The van der Waals surface area contributed by atoms with Crippen molar-refractivity contribution in [2.24, 2.45) is 0 Å². The average molecular weight is 362 g/mol. The summed E-state index contributed by atoms with van der Waals surface area (Å²) in [5.41, 5.74) is 2.13. The Morgan fingerprint density at radius 2 is 1.63 bits per heavy atom. The number of para-hydroxylation sites is 1. The van der Waals surface area contributed by atoms with Gasteiger partial charge in [0.1, 0.15) is 0 Å². The number of carbonyl (C=O) groups is 1. The lowest BCUT2D eigenvalue weighted by molar-refractivity contribution is 0.0760. The van der Waals surface area contributed by atoms with Gasteiger partial charge in [-0.2, -0.15) is 0 Å². The monoisotopic (exact) mass is 362 g/mol. The summed E-state index contributed by atoms with van der Waals surface area (Å²) in [6, 6.07) is 19.0. The molecule has 0 aliphatic rings. The van der Waals surface area contributed by atoms with E-state index in [1.54, 1.807) is 11.9 Å². The standard InChI is InChI=1S/C21H22N4O2/c1-25(13-12-19(26)16-8-4-2-5-9-16)20(27)17-14-22-21(23-15-17)24-18-10-6-3-7-11-18/h2-11,14-15,19,26H,12-13H2,1H3,(H,22,23,24)/t19-/m1/s1. The SMILES string of the molecule is CN(CC[C@@H](O)c1ccccc1)C(=O)c1cnc(Nc2ccccc2)nc1. The summed E-state index contributed by atoms with van der Waals surface area (Å²) in [6.45, 7) is 0.429. The van der Waals surface area contributed by atoms with Gasteiger partial charge in [-0.3, -0.25) is 4.79 Å². The van der Waals surface area contributed by atoms with Crippen molar-refractivity contribution >= 4 is 17.5 Å².